The van der Waals surface area contributed by atoms with Crippen molar-refractivity contribution in [2.75, 3.05) is 5.32 Å². The molecule has 20 heavy (non-hydrogen) atoms. The van der Waals surface area contributed by atoms with Crippen LogP contribution in [0.3, 0.4) is 0 Å². The molecule has 0 aliphatic heterocycles. The SMILES string of the molecule is CCC(C)C(N)C(=O)Nc1ccc(C)c(S(N)(=O)=O)c1. The summed E-state index contributed by atoms with van der Waals surface area (Å²) in [5.41, 5.74) is 6.71. The number of nitrogens with two attached hydrogens (primary N) is 2. The molecule has 2 atom stereocenters. The fraction of sp³-hybridized carbons (Fsp3) is 0.462. The maximum absolute atomic E-state index is 11.9. The average molecular weight is 299 g/mol. The van der Waals surface area contributed by atoms with E-state index in [9.17, 15) is 13.2 Å². The minimum atomic E-state index is -3.82. The van der Waals surface area contributed by atoms with Crippen molar-refractivity contribution in [2.45, 2.75) is 38.1 Å². The third-order valence-electron chi connectivity index (χ3n) is 3.32. The lowest BCUT2D eigenvalue weighted by molar-refractivity contribution is -0.118. The summed E-state index contributed by atoms with van der Waals surface area (Å²) in [6.07, 6.45) is 0.783. The van der Waals surface area contributed by atoms with Crippen molar-refractivity contribution in [1.82, 2.24) is 0 Å². The van der Waals surface area contributed by atoms with E-state index >= 15 is 0 Å². The number of anilines is 1. The van der Waals surface area contributed by atoms with Gasteiger partial charge >= 0.3 is 0 Å². The number of rotatable bonds is 5. The van der Waals surface area contributed by atoms with E-state index in [-0.39, 0.29) is 16.7 Å². The van der Waals surface area contributed by atoms with Crippen LogP contribution in [-0.4, -0.2) is 20.4 Å². The molecule has 1 amide bonds. The molecule has 0 bridgehead atoms. The summed E-state index contributed by atoms with van der Waals surface area (Å²) >= 11 is 0. The van der Waals surface area contributed by atoms with Gasteiger partial charge < -0.3 is 11.1 Å². The molecule has 112 valence electrons. The molecule has 0 aliphatic carbocycles. The second-order valence-electron chi connectivity index (χ2n) is 4.93. The third-order valence-corrected chi connectivity index (χ3v) is 4.37. The van der Waals surface area contributed by atoms with Crippen molar-refractivity contribution in [3.05, 3.63) is 23.8 Å². The number of hydrogen-bond donors (Lipinski definition) is 3. The zero-order chi connectivity index (χ0) is 15.5. The zero-order valence-electron chi connectivity index (χ0n) is 11.9. The van der Waals surface area contributed by atoms with E-state index in [0.29, 0.717) is 11.3 Å². The lowest BCUT2D eigenvalue weighted by Crippen LogP contribution is -2.40. The van der Waals surface area contributed by atoms with Crippen molar-refractivity contribution in [3.63, 3.8) is 0 Å². The van der Waals surface area contributed by atoms with Gasteiger partial charge in [0.2, 0.25) is 15.9 Å². The van der Waals surface area contributed by atoms with Crippen molar-refractivity contribution >= 4 is 21.6 Å². The number of nitrogens with one attached hydrogen (secondary N) is 1. The first-order valence-corrected chi connectivity index (χ1v) is 7.91. The maximum atomic E-state index is 11.9. The third kappa shape index (κ3) is 4.03. The summed E-state index contributed by atoms with van der Waals surface area (Å²) in [7, 11) is -3.82. The largest absolute Gasteiger partial charge is 0.325 e. The molecule has 1 aromatic carbocycles. The van der Waals surface area contributed by atoms with Crippen molar-refractivity contribution in [1.29, 1.82) is 0 Å². The van der Waals surface area contributed by atoms with Gasteiger partial charge in [-0.1, -0.05) is 26.3 Å². The summed E-state index contributed by atoms with van der Waals surface area (Å²) in [5, 5.41) is 7.73. The van der Waals surface area contributed by atoms with E-state index < -0.39 is 16.1 Å². The Morgan fingerprint density at radius 3 is 2.50 bits per heavy atom. The highest BCUT2D eigenvalue weighted by molar-refractivity contribution is 7.89. The first kappa shape index (κ1) is 16.6. The molecular formula is C13H21N3O3S. The highest BCUT2D eigenvalue weighted by Crippen LogP contribution is 2.19. The second kappa shape index (κ2) is 6.34. The van der Waals surface area contributed by atoms with E-state index in [1.54, 1.807) is 19.1 Å². The Bertz CT molecular complexity index is 599. The second-order valence-corrected chi connectivity index (χ2v) is 6.46. The van der Waals surface area contributed by atoms with E-state index in [0.717, 1.165) is 6.42 Å². The topological polar surface area (TPSA) is 115 Å². The smallest absolute Gasteiger partial charge is 0.241 e. The number of sulfonamides is 1. The Labute approximate surface area is 119 Å². The average Bonchev–Trinajstić information content (AvgIpc) is 2.37. The molecule has 6 nitrogen and oxygen atoms in total. The summed E-state index contributed by atoms with van der Waals surface area (Å²) in [6, 6.07) is 3.90. The minimum Gasteiger partial charge on any atom is -0.325 e. The molecule has 2 unspecified atom stereocenters. The minimum absolute atomic E-state index is 0.00703. The number of hydrogen-bond acceptors (Lipinski definition) is 4. The molecule has 0 saturated heterocycles. The molecule has 0 radical (unpaired) electrons. The van der Waals surface area contributed by atoms with Crippen molar-refractivity contribution in [2.24, 2.45) is 16.8 Å². The molecule has 7 heteroatoms. The molecule has 0 fully saturated rings. The predicted octanol–water partition coefficient (Wildman–Crippen LogP) is 0.954. The standard InChI is InChI=1S/C13H21N3O3S/c1-4-8(2)12(14)13(17)16-10-6-5-9(3)11(7-10)20(15,18)19/h5-8,12H,4,14H2,1-3H3,(H,16,17)(H2,15,18,19). The Hall–Kier alpha value is -1.44. The van der Waals surface area contributed by atoms with Gasteiger partial charge in [-0.25, -0.2) is 13.6 Å². The van der Waals surface area contributed by atoms with E-state index in [2.05, 4.69) is 5.32 Å². The van der Waals surface area contributed by atoms with Crippen LogP contribution in [-0.2, 0) is 14.8 Å². The highest BCUT2D eigenvalue weighted by Gasteiger charge is 2.20. The van der Waals surface area contributed by atoms with Gasteiger partial charge in [0.25, 0.3) is 0 Å². The number of aryl methyl sites for hydroxylation is 1. The van der Waals surface area contributed by atoms with E-state index in [1.165, 1.54) is 6.07 Å². The van der Waals surface area contributed by atoms with Gasteiger partial charge in [0.15, 0.2) is 0 Å². The van der Waals surface area contributed by atoms with Gasteiger partial charge in [-0.15, -0.1) is 0 Å². The molecule has 0 spiro atoms. The predicted molar refractivity (Wildman–Crippen MR) is 78.6 cm³/mol. The van der Waals surface area contributed by atoms with E-state index in [1.807, 2.05) is 13.8 Å². The number of carbonyl (C=O) groups is 1. The zero-order valence-corrected chi connectivity index (χ0v) is 12.7. The lowest BCUT2D eigenvalue weighted by Gasteiger charge is -2.18. The first-order chi connectivity index (χ1) is 9.16. The van der Waals surface area contributed by atoms with E-state index in [4.69, 9.17) is 10.9 Å². The Kier molecular flexibility index (Phi) is 5.27. The van der Waals surface area contributed by atoms with Crippen LogP contribution in [0.2, 0.25) is 0 Å². The van der Waals surface area contributed by atoms with Crippen LogP contribution in [0.4, 0.5) is 5.69 Å². The van der Waals surface area contributed by atoms with Crippen LogP contribution in [0.5, 0.6) is 0 Å². The molecule has 1 rings (SSSR count). The summed E-state index contributed by atoms with van der Waals surface area (Å²) in [4.78, 5) is 11.9. The first-order valence-electron chi connectivity index (χ1n) is 6.36. The molecule has 0 aromatic heterocycles. The van der Waals surface area contributed by atoms with Gasteiger partial charge in [0, 0.05) is 5.69 Å². The van der Waals surface area contributed by atoms with Gasteiger partial charge in [-0.05, 0) is 30.5 Å². The molecule has 0 aliphatic rings. The van der Waals surface area contributed by atoms with Crippen LogP contribution in [0.15, 0.2) is 23.1 Å². The lowest BCUT2D eigenvalue weighted by atomic mass is 9.99. The van der Waals surface area contributed by atoms with Crippen LogP contribution >= 0.6 is 0 Å². The van der Waals surface area contributed by atoms with Crippen LogP contribution in [0, 0.1) is 12.8 Å². The highest BCUT2D eigenvalue weighted by atomic mass is 32.2. The van der Waals surface area contributed by atoms with Crippen molar-refractivity contribution < 1.29 is 13.2 Å². The Morgan fingerprint density at radius 1 is 1.40 bits per heavy atom. The summed E-state index contributed by atoms with van der Waals surface area (Å²) in [5.74, 6) is -0.304. The van der Waals surface area contributed by atoms with Crippen molar-refractivity contribution in [3.8, 4) is 0 Å². The van der Waals surface area contributed by atoms with Gasteiger partial charge in [-0.3, -0.25) is 4.79 Å². The summed E-state index contributed by atoms with van der Waals surface area (Å²) in [6.45, 7) is 5.47. The maximum Gasteiger partial charge on any atom is 0.241 e. The normalized spacial score (nSPS) is 14.7. The van der Waals surface area contributed by atoms with Gasteiger partial charge in [0.1, 0.15) is 0 Å². The molecule has 5 N–H and O–H groups in total. The van der Waals surface area contributed by atoms with Crippen LogP contribution in [0.1, 0.15) is 25.8 Å². The Morgan fingerprint density at radius 2 is 2.00 bits per heavy atom. The molecule has 0 saturated carbocycles. The van der Waals surface area contributed by atoms with Gasteiger partial charge in [0.05, 0.1) is 10.9 Å². The quantitative estimate of drug-likeness (QED) is 0.750. The fourth-order valence-electron chi connectivity index (χ4n) is 1.72. The Balaban J connectivity index is 2.98. The van der Waals surface area contributed by atoms with Gasteiger partial charge in [-0.2, -0.15) is 0 Å². The van der Waals surface area contributed by atoms with Crippen LogP contribution < -0.4 is 16.2 Å². The number of amides is 1. The number of carbonyl (C=O) groups excluding carboxylic acids is 1. The number of benzene rings is 1. The molecular weight excluding hydrogens is 278 g/mol. The number of primary sulfonamides is 1. The molecule has 0 heterocycles. The fourth-order valence-corrected chi connectivity index (χ4v) is 2.53. The van der Waals surface area contributed by atoms with Crippen LogP contribution in [0.25, 0.3) is 0 Å². The summed E-state index contributed by atoms with van der Waals surface area (Å²) < 4.78 is 22.8. The molecule has 1 aromatic rings. The monoisotopic (exact) mass is 299 g/mol.